The lowest BCUT2D eigenvalue weighted by Gasteiger charge is -2.05. The van der Waals surface area contributed by atoms with Gasteiger partial charge in [0.1, 0.15) is 6.33 Å². The van der Waals surface area contributed by atoms with Crippen molar-refractivity contribution < 1.29 is 4.92 Å². The Morgan fingerprint density at radius 2 is 2.00 bits per heavy atom. The SMILES string of the molecule is Cc1nn(-c2ncnc(N)c2[N+](=O)[O-])c(C)c1C. The van der Waals surface area contributed by atoms with Crippen molar-refractivity contribution in [2.75, 3.05) is 5.73 Å². The highest BCUT2D eigenvalue weighted by Crippen LogP contribution is 2.27. The van der Waals surface area contributed by atoms with Gasteiger partial charge in [0.25, 0.3) is 0 Å². The molecule has 0 aliphatic carbocycles. The molecule has 2 heterocycles. The second-order valence-corrected chi connectivity index (χ2v) is 3.90. The van der Waals surface area contributed by atoms with Crippen LogP contribution in [0.3, 0.4) is 0 Å². The lowest BCUT2D eigenvalue weighted by Crippen LogP contribution is -2.09. The summed E-state index contributed by atoms with van der Waals surface area (Å²) in [5.74, 6) is -0.0867. The molecule has 0 amide bonds. The van der Waals surface area contributed by atoms with Crippen molar-refractivity contribution in [1.29, 1.82) is 0 Å². The molecule has 8 heteroatoms. The summed E-state index contributed by atoms with van der Waals surface area (Å²) >= 11 is 0. The largest absolute Gasteiger partial charge is 0.378 e. The Bertz CT molecular complexity index is 634. The zero-order valence-corrected chi connectivity index (χ0v) is 10.2. The average Bonchev–Trinajstić information content (AvgIpc) is 2.56. The second-order valence-electron chi connectivity index (χ2n) is 3.90. The van der Waals surface area contributed by atoms with E-state index in [0.717, 1.165) is 17.0 Å². The van der Waals surface area contributed by atoms with Gasteiger partial charge in [-0.25, -0.2) is 14.6 Å². The molecule has 94 valence electrons. The van der Waals surface area contributed by atoms with Gasteiger partial charge >= 0.3 is 5.69 Å². The lowest BCUT2D eigenvalue weighted by molar-refractivity contribution is -0.384. The van der Waals surface area contributed by atoms with Crippen LogP contribution in [0.4, 0.5) is 11.5 Å². The molecule has 0 atom stereocenters. The van der Waals surface area contributed by atoms with Gasteiger partial charge < -0.3 is 5.73 Å². The third-order valence-electron chi connectivity index (χ3n) is 2.87. The van der Waals surface area contributed by atoms with Crippen LogP contribution in [-0.2, 0) is 0 Å². The van der Waals surface area contributed by atoms with E-state index in [1.165, 1.54) is 11.0 Å². The van der Waals surface area contributed by atoms with Crippen LogP contribution in [0, 0.1) is 30.9 Å². The number of nitro groups is 1. The maximum Gasteiger partial charge on any atom is 0.355 e. The second kappa shape index (κ2) is 4.06. The summed E-state index contributed by atoms with van der Waals surface area (Å²) in [7, 11) is 0. The number of aromatic nitrogens is 4. The van der Waals surface area contributed by atoms with E-state index in [4.69, 9.17) is 5.73 Å². The fourth-order valence-electron chi connectivity index (χ4n) is 1.64. The molecule has 0 fully saturated rings. The molecule has 0 bridgehead atoms. The summed E-state index contributed by atoms with van der Waals surface area (Å²) in [4.78, 5) is 18.0. The Morgan fingerprint density at radius 3 is 2.50 bits per heavy atom. The monoisotopic (exact) mass is 248 g/mol. The quantitative estimate of drug-likeness (QED) is 0.628. The van der Waals surface area contributed by atoms with Crippen LogP contribution in [0.25, 0.3) is 5.82 Å². The Labute approximate surface area is 103 Å². The van der Waals surface area contributed by atoms with Crippen LogP contribution in [-0.4, -0.2) is 24.7 Å². The number of nitrogen functional groups attached to an aromatic ring is 1. The Kier molecular flexibility index (Phi) is 2.70. The first kappa shape index (κ1) is 12.0. The predicted molar refractivity (Wildman–Crippen MR) is 64.4 cm³/mol. The standard InChI is InChI=1S/C10H12N6O2/c1-5-6(2)14-15(7(5)3)10-8(16(17)18)9(11)12-4-13-10/h4H,1-3H3,(H2,11,12,13). The molecule has 0 aliphatic rings. The Morgan fingerprint density at radius 1 is 1.33 bits per heavy atom. The fourth-order valence-corrected chi connectivity index (χ4v) is 1.64. The molecule has 0 unspecified atom stereocenters. The van der Waals surface area contributed by atoms with Crippen molar-refractivity contribution in [2.45, 2.75) is 20.8 Å². The van der Waals surface area contributed by atoms with E-state index in [-0.39, 0.29) is 17.3 Å². The first-order chi connectivity index (χ1) is 8.43. The minimum Gasteiger partial charge on any atom is -0.378 e. The van der Waals surface area contributed by atoms with Gasteiger partial charge in [0, 0.05) is 5.69 Å². The maximum absolute atomic E-state index is 11.0. The summed E-state index contributed by atoms with van der Waals surface area (Å²) in [5, 5.41) is 15.3. The maximum atomic E-state index is 11.0. The number of anilines is 1. The topological polar surface area (TPSA) is 113 Å². The molecule has 0 aromatic carbocycles. The van der Waals surface area contributed by atoms with E-state index in [1.54, 1.807) is 0 Å². The first-order valence-electron chi connectivity index (χ1n) is 5.21. The van der Waals surface area contributed by atoms with Crippen LogP contribution in [0.1, 0.15) is 17.0 Å². The Hall–Kier alpha value is -2.51. The van der Waals surface area contributed by atoms with Gasteiger partial charge in [0.2, 0.25) is 11.6 Å². The zero-order valence-electron chi connectivity index (χ0n) is 10.2. The smallest absolute Gasteiger partial charge is 0.355 e. The third-order valence-corrected chi connectivity index (χ3v) is 2.87. The fraction of sp³-hybridized carbons (Fsp3) is 0.300. The van der Waals surface area contributed by atoms with Crippen molar-refractivity contribution in [3.63, 3.8) is 0 Å². The van der Waals surface area contributed by atoms with E-state index in [9.17, 15) is 10.1 Å². The van der Waals surface area contributed by atoms with Crippen LogP contribution in [0.2, 0.25) is 0 Å². The molecule has 0 spiro atoms. The molecular weight excluding hydrogens is 236 g/mol. The van der Waals surface area contributed by atoms with E-state index in [1.807, 2.05) is 20.8 Å². The molecule has 18 heavy (non-hydrogen) atoms. The lowest BCUT2D eigenvalue weighted by atomic mass is 10.2. The summed E-state index contributed by atoms with van der Waals surface area (Å²) in [6, 6.07) is 0. The summed E-state index contributed by atoms with van der Waals surface area (Å²) < 4.78 is 1.42. The predicted octanol–water partition coefficient (Wildman–Crippen LogP) is 1.08. The molecule has 0 aliphatic heterocycles. The minimum atomic E-state index is -0.601. The van der Waals surface area contributed by atoms with Crippen molar-refractivity contribution in [3.8, 4) is 5.82 Å². The van der Waals surface area contributed by atoms with Gasteiger partial charge in [-0.05, 0) is 26.3 Å². The van der Waals surface area contributed by atoms with Crippen LogP contribution in [0.5, 0.6) is 0 Å². The Balaban J connectivity index is 2.75. The van der Waals surface area contributed by atoms with E-state index in [0.29, 0.717) is 0 Å². The van der Waals surface area contributed by atoms with Gasteiger partial charge in [0.15, 0.2) is 0 Å². The zero-order chi connectivity index (χ0) is 13.4. The number of nitrogens with two attached hydrogens (primary N) is 1. The molecule has 8 nitrogen and oxygen atoms in total. The van der Waals surface area contributed by atoms with E-state index < -0.39 is 4.92 Å². The van der Waals surface area contributed by atoms with Gasteiger partial charge in [-0.15, -0.1) is 0 Å². The summed E-state index contributed by atoms with van der Waals surface area (Å²) in [5.41, 5.74) is 7.73. The highest BCUT2D eigenvalue weighted by molar-refractivity contribution is 5.61. The minimum absolute atomic E-state index is 0.0844. The summed E-state index contributed by atoms with van der Waals surface area (Å²) in [6.07, 6.45) is 1.18. The van der Waals surface area contributed by atoms with Crippen molar-refractivity contribution in [1.82, 2.24) is 19.7 Å². The van der Waals surface area contributed by atoms with Crippen LogP contribution >= 0.6 is 0 Å². The number of nitrogens with zero attached hydrogens (tertiary/aromatic N) is 5. The molecule has 0 radical (unpaired) electrons. The molecular formula is C10H12N6O2. The first-order valence-corrected chi connectivity index (χ1v) is 5.21. The molecule has 2 N–H and O–H groups in total. The van der Waals surface area contributed by atoms with Gasteiger partial charge in [-0.1, -0.05) is 0 Å². The van der Waals surface area contributed by atoms with Crippen LogP contribution < -0.4 is 5.73 Å². The van der Waals surface area contributed by atoms with Crippen molar-refractivity contribution >= 4 is 11.5 Å². The van der Waals surface area contributed by atoms with E-state index in [2.05, 4.69) is 15.1 Å². The molecule has 0 saturated heterocycles. The molecule has 0 saturated carbocycles. The third kappa shape index (κ3) is 1.67. The average molecular weight is 248 g/mol. The molecule has 2 aromatic heterocycles. The highest BCUT2D eigenvalue weighted by Gasteiger charge is 2.24. The van der Waals surface area contributed by atoms with Crippen molar-refractivity contribution in [3.05, 3.63) is 33.4 Å². The van der Waals surface area contributed by atoms with Crippen molar-refractivity contribution in [2.24, 2.45) is 0 Å². The van der Waals surface area contributed by atoms with E-state index >= 15 is 0 Å². The number of hydrogen-bond acceptors (Lipinski definition) is 6. The van der Waals surface area contributed by atoms with Gasteiger partial charge in [0.05, 0.1) is 10.6 Å². The van der Waals surface area contributed by atoms with Gasteiger partial charge in [-0.2, -0.15) is 5.10 Å². The normalized spacial score (nSPS) is 10.6. The van der Waals surface area contributed by atoms with Crippen LogP contribution in [0.15, 0.2) is 6.33 Å². The number of aryl methyl sites for hydroxylation is 1. The molecule has 2 rings (SSSR count). The number of hydrogen-bond donors (Lipinski definition) is 1. The highest BCUT2D eigenvalue weighted by atomic mass is 16.6. The number of rotatable bonds is 2. The molecule has 2 aromatic rings. The van der Waals surface area contributed by atoms with Gasteiger partial charge in [-0.3, -0.25) is 10.1 Å². The summed E-state index contributed by atoms with van der Waals surface area (Å²) in [6.45, 7) is 5.54.